The van der Waals surface area contributed by atoms with E-state index in [1.165, 1.54) is 10.4 Å². The van der Waals surface area contributed by atoms with Crippen molar-refractivity contribution in [1.29, 1.82) is 0 Å². The number of hydrogen-bond acceptors (Lipinski definition) is 5. The molecular weight excluding hydrogens is 350 g/mol. The van der Waals surface area contributed by atoms with Crippen LogP contribution in [-0.2, 0) is 17.8 Å². The highest BCUT2D eigenvalue weighted by molar-refractivity contribution is 9.10. The van der Waals surface area contributed by atoms with E-state index >= 15 is 0 Å². The molecule has 114 valence electrons. The molecule has 2 aromatic rings. The van der Waals surface area contributed by atoms with Crippen molar-refractivity contribution in [2.75, 3.05) is 32.2 Å². The number of nitrogens with one attached hydrogen (secondary N) is 1. The first-order chi connectivity index (χ1) is 10.2. The number of thiophene rings is 1. The highest BCUT2D eigenvalue weighted by atomic mass is 79.9. The highest BCUT2D eigenvalue weighted by Crippen LogP contribution is 2.22. The molecule has 0 aliphatic carbocycles. The van der Waals surface area contributed by atoms with Gasteiger partial charge in [0, 0.05) is 48.2 Å². The molecule has 1 N–H and O–H groups in total. The molecule has 0 aromatic carbocycles. The number of pyridine rings is 1. The van der Waals surface area contributed by atoms with Gasteiger partial charge >= 0.3 is 0 Å². The van der Waals surface area contributed by atoms with Crippen molar-refractivity contribution in [2.45, 2.75) is 13.1 Å². The fourth-order valence-corrected chi connectivity index (χ4v) is 3.41. The van der Waals surface area contributed by atoms with E-state index in [2.05, 4.69) is 61.8 Å². The Morgan fingerprint density at radius 2 is 2.29 bits per heavy atom. The van der Waals surface area contributed by atoms with Crippen molar-refractivity contribution in [3.8, 4) is 0 Å². The molecule has 0 unspecified atom stereocenters. The molecule has 0 saturated heterocycles. The predicted molar refractivity (Wildman–Crippen MR) is 91.9 cm³/mol. The molecule has 21 heavy (non-hydrogen) atoms. The summed E-state index contributed by atoms with van der Waals surface area (Å²) < 4.78 is 6.14. The van der Waals surface area contributed by atoms with Crippen LogP contribution in [0.3, 0.4) is 0 Å². The highest BCUT2D eigenvalue weighted by Gasteiger charge is 2.05. The molecule has 0 radical (unpaired) electrons. The Kier molecular flexibility index (Phi) is 6.63. The lowest BCUT2D eigenvalue weighted by atomic mass is 10.2. The topological polar surface area (TPSA) is 37.4 Å². The van der Waals surface area contributed by atoms with Gasteiger partial charge < -0.3 is 15.0 Å². The van der Waals surface area contributed by atoms with E-state index in [0.29, 0.717) is 0 Å². The zero-order valence-electron chi connectivity index (χ0n) is 12.3. The molecule has 0 aliphatic heterocycles. The molecule has 0 fully saturated rings. The maximum Gasteiger partial charge on any atom is 0.128 e. The van der Waals surface area contributed by atoms with Crippen LogP contribution < -0.4 is 10.2 Å². The van der Waals surface area contributed by atoms with E-state index in [-0.39, 0.29) is 0 Å². The van der Waals surface area contributed by atoms with Crippen LogP contribution in [0.5, 0.6) is 0 Å². The van der Waals surface area contributed by atoms with Gasteiger partial charge in [0.15, 0.2) is 0 Å². The zero-order chi connectivity index (χ0) is 15.1. The Morgan fingerprint density at radius 1 is 1.43 bits per heavy atom. The van der Waals surface area contributed by atoms with Gasteiger partial charge in [0.1, 0.15) is 5.82 Å². The molecule has 4 nitrogen and oxygen atoms in total. The van der Waals surface area contributed by atoms with E-state index < -0.39 is 0 Å². The van der Waals surface area contributed by atoms with Gasteiger partial charge in [-0.25, -0.2) is 4.98 Å². The van der Waals surface area contributed by atoms with Crippen LogP contribution in [0.1, 0.15) is 10.4 Å². The third kappa shape index (κ3) is 5.39. The minimum Gasteiger partial charge on any atom is -0.383 e. The van der Waals surface area contributed by atoms with Crippen LogP contribution in [-0.4, -0.2) is 32.3 Å². The second kappa shape index (κ2) is 8.48. The molecule has 0 saturated carbocycles. The molecule has 6 heteroatoms. The summed E-state index contributed by atoms with van der Waals surface area (Å²) in [7, 11) is 3.77. The Morgan fingerprint density at radius 3 is 2.90 bits per heavy atom. The second-order valence-electron chi connectivity index (χ2n) is 4.78. The maximum atomic E-state index is 5.00. The first kappa shape index (κ1) is 16.4. The fourth-order valence-electron chi connectivity index (χ4n) is 1.91. The maximum absolute atomic E-state index is 5.00. The van der Waals surface area contributed by atoms with Gasteiger partial charge in [0.2, 0.25) is 0 Å². The summed E-state index contributed by atoms with van der Waals surface area (Å²) in [6.45, 7) is 3.27. The third-order valence-corrected chi connectivity index (χ3v) is 4.71. The Balaban J connectivity index is 1.86. The first-order valence-electron chi connectivity index (χ1n) is 6.77. The van der Waals surface area contributed by atoms with Crippen LogP contribution in [0.15, 0.2) is 34.2 Å². The normalized spacial score (nSPS) is 10.8. The number of anilines is 1. The smallest absolute Gasteiger partial charge is 0.128 e. The monoisotopic (exact) mass is 369 g/mol. The van der Waals surface area contributed by atoms with Crippen LogP contribution in [0.25, 0.3) is 0 Å². The molecule has 2 aromatic heterocycles. The molecule has 0 bridgehead atoms. The lowest BCUT2D eigenvalue weighted by molar-refractivity contribution is 0.199. The fraction of sp³-hybridized carbons (Fsp3) is 0.400. The van der Waals surface area contributed by atoms with Crippen LogP contribution in [0.2, 0.25) is 0 Å². The van der Waals surface area contributed by atoms with E-state index in [1.807, 2.05) is 6.20 Å². The number of halogens is 1. The summed E-state index contributed by atoms with van der Waals surface area (Å²) in [6.07, 6.45) is 1.93. The summed E-state index contributed by atoms with van der Waals surface area (Å²) in [5, 5.41) is 5.41. The summed E-state index contributed by atoms with van der Waals surface area (Å²) in [5.74, 6) is 0.986. The molecule has 0 spiro atoms. The molecule has 2 heterocycles. The van der Waals surface area contributed by atoms with Crippen LogP contribution in [0, 0.1) is 0 Å². The van der Waals surface area contributed by atoms with Gasteiger partial charge in [-0.3, -0.25) is 0 Å². The summed E-state index contributed by atoms with van der Waals surface area (Å²) >= 11 is 5.24. The summed E-state index contributed by atoms with van der Waals surface area (Å²) in [6, 6.07) is 6.33. The third-order valence-electron chi connectivity index (χ3n) is 3.03. The quantitative estimate of drug-likeness (QED) is 0.724. The van der Waals surface area contributed by atoms with Crippen molar-refractivity contribution >= 4 is 33.1 Å². The number of rotatable bonds is 8. The minimum absolute atomic E-state index is 0.727. The van der Waals surface area contributed by atoms with Gasteiger partial charge in [-0.15, -0.1) is 11.3 Å². The Hall–Kier alpha value is -0.950. The number of nitrogens with zero attached hydrogens (tertiary/aromatic N) is 2. The second-order valence-corrected chi connectivity index (χ2v) is 6.69. The van der Waals surface area contributed by atoms with Crippen molar-refractivity contribution in [2.24, 2.45) is 0 Å². The number of aromatic nitrogens is 1. The van der Waals surface area contributed by atoms with Gasteiger partial charge in [-0.1, -0.05) is 6.07 Å². The number of methoxy groups -OCH3 is 1. The summed E-state index contributed by atoms with van der Waals surface area (Å²) in [4.78, 5) is 8.00. The molecule has 0 aliphatic rings. The largest absolute Gasteiger partial charge is 0.383 e. The average Bonchev–Trinajstić information content (AvgIpc) is 2.89. The van der Waals surface area contributed by atoms with Crippen molar-refractivity contribution in [3.05, 3.63) is 44.7 Å². The van der Waals surface area contributed by atoms with Crippen LogP contribution in [0.4, 0.5) is 5.82 Å². The van der Waals surface area contributed by atoms with Gasteiger partial charge in [0.05, 0.1) is 13.2 Å². The molecular formula is C15H20BrN3OS. The van der Waals surface area contributed by atoms with E-state index in [0.717, 1.165) is 36.5 Å². The first-order valence-corrected chi connectivity index (χ1v) is 8.45. The van der Waals surface area contributed by atoms with E-state index in [9.17, 15) is 0 Å². The zero-order valence-corrected chi connectivity index (χ0v) is 14.7. The van der Waals surface area contributed by atoms with Crippen molar-refractivity contribution in [3.63, 3.8) is 0 Å². The summed E-state index contributed by atoms with van der Waals surface area (Å²) in [5.41, 5.74) is 1.18. The Bertz CT molecular complexity index is 544. The van der Waals surface area contributed by atoms with Crippen molar-refractivity contribution < 1.29 is 4.74 Å². The van der Waals surface area contributed by atoms with Crippen LogP contribution >= 0.6 is 27.3 Å². The van der Waals surface area contributed by atoms with E-state index in [4.69, 9.17) is 4.74 Å². The number of hydrogen-bond donors (Lipinski definition) is 1. The molecule has 0 atom stereocenters. The molecule has 2 rings (SSSR count). The van der Waals surface area contributed by atoms with Gasteiger partial charge in [-0.05, 0) is 33.6 Å². The standard InChI is InChI=1S/C15H20BrN3OS/c1-19(10-14-7-13(16)11-21-14)15-4-3-12(9-18-15)8-17-5-6-20-2/h3-4,7,9,11,17H,5-6,8,10H2,1-2H3. The number of ether oxygens (including phenoxy) is 1. The Labute approximate surface area is 138 Å². The predicted octanol–water partition coefficient (Wildman–Crippen LogP) is 3.28. The molecule has 0 amide bonds. The average molecular weight is 370 g/mol. The lowest BCUT2D eigenvalue weighted by Crippen LogP contribution is -2.19. The SMILES string of the molecule is COCCNCc1ccc(N(C)Cc2cc(Br)cs2)nc1. The minimum atomic E-state index is 0.727. The van der Waals surface area contributed by atoms with E-state index in [1.54, 1.807) is 18.4 Å². The van der Waals surface area contributed by atoms with Gasteiger partial charge in [-0.2, -0.15) is 0 Å². The lowest BCUT2D eigenvalue weighted by Gasteiger charge is -2.17. The van der Waals surface area contributed by atoms with Crippen molar-refractivity contribution in [1.82, 2.24) is 10.3 Å². The van der Waals surface area contributed by atoms with Gasteiger partial charge in [0.25, 0.3) is 0 Å².